The molecule has 0 aliphatic carbocycles. The van der Waals surface area contributed by atoms with E-state index in [4.69, 9.17) is 0 Å². The summed E-state index contributed by atoms with van der Waals surface area (Å²) in [4.78, 5) is 16.8. The Morgan fingerprint density at radius 1 is 1.11 bits per heavy atom. The van der Waals surface area contributed by atoms with E-state index in [0.717, 1.165) is 23.2 Å². The first-order valence-electron chi connectivity index (χ1n) is 9.33. The maximum Gasteiger partial charge on any atom is 0.242 e. The van der Waals surface area contributed by atoms with Crippen molar-refractivity contribution in [3.63, 3.8) is 0 Å². The van der Waals surface area contributed by atoms with Gasteiger partial charge in [-0.05, 0) is 36.6 Å². The number of hydrogen-bond donors (Lipinski definition) is 0. The number of rotatable bonds is 6. The van der Waals surface area contributed by atoms with Crippen LogP contribution in [0.4, 0.5) is 5.69 Å². The highest BCUT2D eigenvalue weighted by atomic mass is 32.2. The van der Waals surface area contributed by atoms with Crippen LogP contribution in [-0.2, 0) is 21.2 Å². The van der Waals surface area contributed by atoms with Crippen LogP contribution in [0, 0.1) is 0 Å². The van der Waals surface area contributed by atoms with Gasteiger partial charge in [-0.25, -0.2) is 12.7 Å². The number of carbonyl (C=O) groups excluding carboxylic acids is 1. The lowest BCUT2D eigenvalue weighted by atomic mass is 10.1. The van der Waals surface area contributed by atoms with E-state index in [1.54, 1.807) is 17.0 Å². The maximum absolute atomic E-state index is 12.9. The maximum atomic E-state index is 12.9. The summed E-state index contributed by atoms with van der Waals surface area (Å²) in [6.07, 6.45) is 0.808. The normalized spacial score (nSPS) is 14.8. The highest BCUT2D eigenvalue weighted by molar-refractivity contribution is 7.89. The standard InChI is InChI=1S/C21H27N3O3S/c1-16(17-8-6-5-7-9-17)23(4)21(25)15-24-13-12-18-10-11-19(14-20(18)24)28(26,27)22(2)3/h5-11,14,16H,12-13,15H2,1-4H3. The first-order chi connectivity index (χ1) is 13.2. The molecule has 0 saturated heterocycles. The lowest BCUT2D eigenvalue weighted by Crippen LogP contribution is -2.39. The van der Waals surface area contributed by atoms with E-state index in [1.807, 2.05) is 55.3 Å². The van der Waals surface area contributed by atoms with Crippen LogP contribution in [-0.4, -0.2) is 57.8 Å². The van der Waals surface area contributed by atoms with E-state index in [-0.39, 0.29) is 23.4 Å². The van der Waals surface area contributed by atoms with Crippen LogP contribution in [0.15, 0.2) is 53.4 Å². The highest BCUT2D eigenvalue weighted by Crippen LogP contribution is 2.31. The summed E-state index contributed by atoms with van der Waals surface area (Å²) in [6.45, 7) is 2.94. The molecule has 0 aromatic heterocycles. The van der Waals surface area contributed by atoms with Gasteiger partial charge >= 0.3 is 0 Å². The molecular formula is C21H27N3O3S. The quantitative estimate of drug-likeness (QED) is 0.746. The van der Waals surface area contributed by atoms with Crippen LogP contribution in [0.2, 0.25) is 0 Å². The molecule has 1 aliphatic heterocycles. The van der Waals surface area contributed by atoms with Gasteiger partial charge in [-0.15, -0.1) is 0 Å². The van der Waals surface area contributed by atoms with Crippen LogP contribution < -0.4 is 4.90 Å². The van der Waals surface area contributed by atoms with Crippen molar-refractivity contribution in [2.45, 2.75) is 24.3 Å². The first-order valence-corrected chi connectivity index (χ1v) is 10.8. The van der Waals surface area contributed by atoms with Crippen molar-refractivity contribution >= 4 is 21.6 Å². The fourth-order valence-corrected chi connectivity index (χ4v) is 4.33. The predicted octanol–water partition coefficient (Wildman–Crippen LogP) is 2.52. The lowest BCUT2D eigenvalue weighted by molar-refractivity contribution is -0.130. The van der Waals surface area contributed by atoms with Gasteiger partial charge in [0.05, 0.1) is 17.5 Å². The van der Waals surface area contributed by atoms with Crippen molar-refractivity contribution in [1.82, 2.24) is 9.21 Å². The third kappa shape index (κ3) is 3.91. The van der Waals surface area contributed by atoms with Gasteiger partial charge in [0.25, 0.3) is 0 Å². The largest absolute Gasteiger partial charge is 0.362 e. The van der Waals surface area contributed by atoms with Crippen molar-refractivity contribution in [2.24, 2.45) is 0 Å². The molecule has 2 aromatic carbocycles. The van der Waals surface area contributed by atoms with E-state index in [0.29, 0.717) is 6.54 Å². The molecule has 1 amide bonds. The van der Waals surface area contributed by atoms with Gasteiger partial charge in [-0.1, -0.05) is 36.4 Å². The molecule has 2 aromatic rings. The lowest BCUT2D eigenvalue weighted by Gasteiger charge is -2.28. The number of likely N-dealkylation sites (N-methyl/N-ethyl adjacent to an activating group) is 1. The smallest absolute Gasteiger partial charge is 0.242 e. The Morgan fingerprint density at radius 3 is 2.43 bits per heavy atom. The average molecular weight is 402 g/mol. The van der Waals surface area contributed by atoms with Gasteiger partial charge in [-0.3, -0.25) is 4.79 Å². The van der Waals surface area contributed by atoms with E-state index in [2.05, 4.69) is 0 Å². The molecule has 1 atom stereocenters. The number of carbonyl (C=O) groups is 1. The minimum absolute atomic E-state index is 0.00470. The number of nitrogens with zero attached hydrogens (tertiary/aromatic N) is 3. The van der Waals surface area contributed by atoms with E-state index in [9.17, 15) is 13.2 Å². The zero-order valence-corrected chi connectivity index (χ0v) is 17.6. The van der Waals surface area contributed by atoms with Gasteiger partial charge in [0.2, 0.25) is 15.9 Å². The van der Waals surface area contributed by atoms with Crippen LogP contribution >= 0.6 is 0 Å². The minimum atomic E-state index is -3.50. The van der Waals surface area contributed by atoms with Gasteiger partial charge < -0.3 is 9.80 Å². The van der Waals surface area contributed by atoms with Crippen molar-refractivity contribution in [3.05, 3.63) is 59.7 Å². The van der Waals surface area contributed by atoms with E-state index < -0.39 is 10.0 Å². The number of hydrogen-bond acceptors (Lipinski definition) is 4. The average Bonchev–Trinajstić information content (AvgIpc) is 3.09. The van der Waals surface area contributed by atoms with Gasteiger partial charge in [0.15, 0.2) is 0 Å². The molecule has 150 valence electrons. The number of fused-ring (bicyclic) bond motifs is 1. The summed E-state index contributed by atoms with van der Waals surface area (Å²) < 4.78 is 26.1. The van der Waals surface area contributed by atoms with Gasteiger partial charge in [-0.2, -0.15) is 0 Å². The number of sulfonamides is 1. The van der Waals surface area contributed by atoms with Gasteiger partial charge in [0, 0.05) is 33.4 Å². The van der Waals surface area contributed by atoms with Crippen LogP contribution in [0.1, 0.15) is 24.1 Å². The first kappa shape index (κ1) is 20.4. The highest BCUT2D eigenvalue weighted by Gasteiger charge is 2.27. The number of amides is 1. The summed E-state index contributed by atoms with van der Waals surface area (Å²) in [6, 6.07) is 15.1. The molecule has 0 saturated carbocycles. The van der Waals surface area contributed by atoms with Crippen LogP contribution in [0.25, 0.3) is 0 Å². The monoisotopic (exact) mass is 401 g/mol. The molecule has 0 radical (unpaired) electrons. The molecule has 0 bridgehead atoms. The van der Waals surface area contributed by atoms with Crippen molar-refractivity contribution in [3.8, 4) is 0 Å². The Kier molecular flexibility index (Phi) is 5.76. The number of anilines is 1. The molecule has 1 heterocycles. The second-order valence-corrected chi connectivity index (χ2v) is 9.49. The molecule has 0 fully saturated rings. The fourth-order valence-electron chi connectivity index (χ4n) is 3.41. The Hall–Kier alpha value is -2.38. The molecule has 0 spiro atoms. The fraction of sp³-hybridized carbons (Fsp3) is 0.381. The third-order valence-corrected chi connectivity index (χ3v) is 7.22. The second-order valence-electron chi connectivity index (χ2n) is 7.34. The summed E-state index contributed by atoms with van der Waals surface area (Å²) >= 11 is 0. The van der Waals surface area contributed by atoms with Crippen molar-refractivity contribution in [2.75, 3.05) is 39.1 Å². The van der Waals surface area contributed by atoms with Crippen molar-refractivity contribution in [1.29, 1.82) is 0 Å². The molecule has 0 N–H and O–H groups in total. The Labute approximate surface area is 167 Å². The molecule has 1 aliphatic rings. The molecule has 6 nitrogen and oxygen atoms in total. The summed E-state index contributed by atoms with van der Waals surface area (Å²) in [5.41, 5.74) is 2.99. The summed E-state index contributed by atoms with van der Waals surface area (Å²) in [5.74, 6) is 0.00470. The van der Waals surface area contributed by atoms with E-state index in [1.165, 1.54) is 18.4 Å². The third-order valence-electron chi connectivity index (χ3n) is 5.41. The molecule has 28 heavy (non-hydrogen) atoms. The number of benzene rings is 2. The zero-order valence-electron chi connectivity index (χ0n) is 16.8. The Bertz CT molecular complexity index is 958. The minimum Gasteiger partial charge on any atom is -0.362 e. The van der Waals surface area contributed by atoms with Crippen LogP contribution in [0.5, 0.6) is 0 Å². The van der Waals surface area contributed by atoms with E-state index >= 15 is 0 Å². The zero-order chi connectivity index (χ0) is 20.5. The second kappa shape index (κ2) is 7.93. The van der Waals surface area contributed by atoms with Crippen molar-refractivity contribution < 1.29 is 13.2 Å². The SMILES string of the molecule is CC(c1ccccc1)N(C)C(=O)CN1CCc2ccc(S(=O)(=O)N(C)C)cc21. The Balaban J connectivity index is 1.78. The van der Waals surface area contributed by atoms with Crippen LogP contribution in [0.3, 0.4) is 0 Å². The predicted molar refractivity (Wildman–Crippen MR) is 111 cm³/mol. The molecular weight excluding hydrogens is 374 g/mol. The summed E-state index contributed by atoms with van der Waals surface area (Å²) in [5, 5.41) is 0. The summed E-state index contributed by atoms with van der Waals surface area (Å²) in [7, 11) is 1.34. The Morgan fingerprint density at radius 2 is 1.79 bits per heavy atom. The van der Waals surface area contributed by atoms with Gasteiger partial charge in [0.1, 0.15) is 0 Å². The topological polar surface area (TPSA) is 60.9 Å². The molecule has 3 rings (SSSR count). The molecule has 7 heteroatoms. The molecule has 1 unspecified atom stereocenters.